The van der Waals surface area contributed by atoms with Crippen LogP contribution in [-0.2, 0) is 57.2 Å². The topological polar surface area (TPSA) is 158 Å². The lowest BCUT2D eigenvalue weighted by atomic mass is 9.76. The van der Waals surface area contributed by atoms with Crippen molar-refractivity contribution in [2.45, 2.75) is 357 Å². The molecule has 0 spiro atoms. The van der Waals surface area contributed by atoms with E-state index in [2.05, 4.69) is 132 Å². The highest BCUT2D eigenvalue weighted by Crippen LogP contribution is 2.60. The molecule has 16 aliphatic rings. The van der Waals surface area contributed by atoms with Gasteiger partial charge in [0.25, 0.3) is 0 Å². The summed E-state index contributed by atoms with van der Waals surface area (Å²) in [6, 6.07) is 0. The van der Waals surface area contributed by atoms with Crippen LogP contribution in [0.1, 0.15) is 345 Å². The number of hydrogen-bond donors (Lipinski definition) is 0. The molecule has 644 valence electrons. The normalized spacial score (nSPS) is 44.3. The van der Waals surface area contributed by atoms with Crippen LogP contribution in [0.3, 0.4) is 0 Å². The summed E-state index contributed by atoms with van der Waals surface area (Å²) in [6.45, 7) is 51.7. The van der Waals surface area contributed by atoms with Crippen LogP contribution < -0.4 is 0 Å². The molecule has 0 N–H and O–H groups in total. The zero-order valence-corrected chi connectivity index (χ0v) is 75.9. The molecule has 0 aromatic carbocycles. The van der Waals surface area contributed by atoms with E-state index < -0.39 is 0 Å². The van der Waals surface area contributed by atoms with Crippen LogP contribution in [0.5, 0.6) is 0 Å². The molecule has 16 saturated carbocycles. The molecule has 0 aliphatic heterocycles. The zero-order valence-electron chi connectivity index (χ0n) is 75.9. The third-order valence-corrected chi connectivity index (χ3v) is 36.9. The van der Waals surface area contributed by atoms with Gasteiger partial charge in [-0.25, -0.2) is 0 Å². The van der Waals surface area contributed by atoms with Gasteiger partial charge in [0.2, 0.25) is 0 Å². The molecule has 0 aromatic heterocycles. The van der Waals surface area contributed by atoms with Crippen molar-refractivity contribution in [3.63, 3.8) is 0 Å². The van der Waals surface area contributed by atoms with Crippen LogP contribution in [0.15, 0.2) is 0 Å². The van der Waals surface area contributed by atoms with Crippen molar-refractivity contribution in [1.29, 1.82) is 0 Å². The van der Waals surface area contributed by atoms with Gasteiger partial charge in [0, 0.05) is 40.0 Å². The van der Waals surface area contributed by atoms with E-state index in [9.17, 15) is 28.8 Å². The first-order valence-electron chi connectivity index (χ1n) is 48.2. The Morgan fingerprint density at radius 1 is 0.232 bits per heavy atom. The molecule has 16 rings (SSSR count). The van der Waals surface area contributed by atoms with Crippen LogP contribution in [-0.4, -0.2) is 74.5 Å². The van der Waals surface area contributed by atoms with E-state index in [1.807, 2.05) is 0 Å². The molecule has 16 aliphatic carbocycles. The van der Waals surface area contributed by atoms with Crippen LogP contribution in [0.25, 0.3) is 0 Å². The fourth-order valence-corrected chi connectivity index (χ4v) is 27.9. The SMILES string of the molecule is CC(=O)OC1CC2CC1C(C)C2C.CC(=O)OCC1CC2CC1C(C)C2C.CC(=O)OCC1CC2CC1C(C)C2C.CC1C2CCC(C2)C1C.CC1C2CCC(C2)C1C.CCCCCC(=O)OC1CC2CC1C(C)C2C.CCCCCC(=O)OCC1CC2CC1C(C)C2C.CCCCCC(=O)OCC1CC2CC1C(C)C2C. The average molecular weight is 1570 g/mol. The zero-order chi connectivity index (χ0) is 81.7. The van der Waals surface area contributed by atoms with Gasteiger partial charge < -0.3 is 28.4 Å². The van der Waals surface area contributed by atoms with Crippen molar-refractivity contribution >= 4 is 35.8 Å². The molecular formula is C100H172O12. The first kappa shape index (κ1) is 92.7. The second-order valence-electron chi connectivity index (χ2n) is 42.3. The summed E-state index contributed by atoms with van der Waals surface area (Å²) in [4.78, 5) is 67.2. The van der Waals surface area contributed by atoms with Crippen LogP contribution in [0.2, 0.25) is 0 Å². The highest BCUT2D eigenvalue weighted by Gasteiger charge is 2.55. The molecule has 12 nitrogen and oxygen atoms in total. The monoisotopic (exact) mass is 1570 g/mol. The minimum atomic E-state index is -0.131. The van der Waals surface area contributed by atoms with E-state index in [4.69, 9.17) is 28.4 Å². The Kier molecular flexibility index (Phi) is 35.7. The van der Waals surface area contributed by atoms with E-state index in [1.54, 1.807) is 12.8 Å². The standard InChI is InChI=1S/2C16H28O2.C15H26O2.2C12H20O2.C11H18O2.2C9H16/c2*1-4-5-6-7-16(17)18-10-14-8-13-9-15(14)12(3)11(13)2;1-4-5-6-7-15(16)17-14-9-12-8-13(14)11(3)10(12)2;2*1-7-8(2)12-5-10(7)4-11(12)6-14-9(3)13;1-6-7(2)10-4-9(6)5-11(10)13-8(3)12;2*1-6-7(2)9-4-3-8(6)5-9/h2*11-15H,4-10H2,1-3H3;10-14H,4-9H2,1-3H3;2*7-8,10-12H,4-6H2,1-3H3;6-7,9-11H,4-5H2,1-3H3;2*6-9H,3-5H2,1-2H3. The van der Waals surface area contributed by atoms with Crippen molar-refractivity contribution in [2.75, 3.05) is 26.4 Å². The Morgan fingerprint density at radius 2 is 0.464 bits per heavy atom. The van der Waals surface area contributed by atoms with Crippen LogP contribution in [0, 0.1) is 213 Å². The highest BCUT2D eigenvalue weighted by molar-refractivity contribution is 5.70. The third-order valence-electron chi connectivity index (χ3n) is 36.9. The van der Waals surface area contributed by atoms with Crippen molar-refractivity contribution in [3.05, 3.63) is 0 Å². The number of rotatable bonds is 22. The predicted octanol–water partition coefficient (Wildman–Crippen LogP) is 24.4. The Hall–Kier alpha value is -3.18. The number of ether oxygens (including phenoxy) is 6. The van der Waals surface area contributed by atoms with Crippen molar-refractivity contribution < 1.29 is 57.2 Å². The van der Waals surface area contributed by atoms with E-state index >= 15 is 0 Å². The number of fused-ring (bicyclic) bond motifs is 16. The Labute approximate surface area is 685 Å². The van der Waals surface area contributed by atoms with Gasteiger partial charge in [-0.2, -0.15) is 0 Å². The molecule has 0 amide bonds. The van der Waals surface area contributed by atoms with Gasteiger partial charge in [-0.05, 0) is 348 Å². The molecule has 12 heteroatoms. The summed E-state index contributed by atoms with van der Waals surface area (Å²) in [7, 11) is 0. The first-order chi connectivity index (χ1) is 53.2. The average Bonchev–Trinajstić information content (AvgIpc) is 1.64. The number of hydrogen-bond acceptors (Lipinski definition) is 12. The van der Waals surface area contributed by atoms with Crippen LogP contribution in [0.4, 0.5) is 0 Å². The van der Waals surface area contributed by atoms with Gasteiger partial charge in [-0.15, -0.1) is 0 Å². The van der Waals surface area contributed by atoms with Crippen molar-refractivity contribution in [1.82, 2.24) is 0 Å². The quantitative estimate of drug-likeness (QED) is 0.0575. The maximum absolute atomic E-state index is 11.7. The van der Waals surface area contributed by atoms with Crippen molar-refractivity contribution in [2.24, 2.45) is 213 Å². The second-order valence-corrected chi connectivity index (χ2v) is 42.3. The first-order valence-corrected chi connectivity index (χ1v) is 48.2. The largest absolute Gasteiger partial charge is 0.466 e. The summed E-state index contributed by atoms with van der Waals surface area (Å²) in [6.07, 6.45) is 36.9. The molecular weight excluding hydrogens is 1390 g/mol. The van der Waals surface area contributed by atoms with Gasteiger partial charge in [0.1, 0.15) is 12.2 Å². The van der Waals surface area contributed by atoms with Gasteiger partial charge >= 0.3 is 35.8 Å². The molecule has 38 unspecified atom stereocenters. The number of unbranched alkanes of at least 4 members (excludes halogenated alkanes) is 6. The molecule has 0 saturated heterocycles. The van der Waals surface area contributed by atoms with Gasteiger partial charge in [-0.3, -0.25) is 28.8 Å². The molecule has 0 radical (unpaired) electrons. The van der Waals surface area contributed by atoms with E-state index in [0.717, 1.165) is 248 Å². The summed E-state index contributed by atoms with van der Waals surface area (Å²) in [5.41, 5.74) is 0. The molecule has 38 atom stereocenters. The third kappa shape index (κ3) is 23.5. The van der Waals surface area contributed by atoms with Gasteiger partial charge in [-0.1, -0.05) is 170 Å². The second kappa shape index (κ2) is 43.2. The number of esters is 6. The van der Waals surface area contributed by atoms with Crippen LogP contribution >= 0.6 is 0 Å². The Morgan fingerprint density at radius 3 is 0.679 bits per heavy atom. The fourth-order valence-electron chi connectivity index (χ4n) is 27.9. The van der Waals surface area contributed by atoms with Gasteiger partial charge in [0.05, 0.1) is 26.4 Å². The Bertz CT molecular complexity index is 2720. The van der Waals surface area contributed by atoms with Gasteiger partial charge in [0.15, 0.2) is 0 Å². The molecule has 112 heavy (non-hydrogen) atoms. The summed E-state index contributed by atoms with van der Waals surface area (Å²) in [5, 5.41) is 0. The minimum Gasteiger partial charge on any atom is -0.466 e. The lowest BCUT2D eigenvalue weighted by Gasteiger charge is -2.31. The summed E-state index contributed by atoms with van der Waals surface area (Å²) in [5.74, 6) is 30.7. The lowest BCUT2D eigenvalue weighted by Crippen LogP contribution is -2.32. The maximum Gasteiger partial charge on any atom is 0.306 e. The minimum absolute atomic E-state index is 0.0203. The van der Waals surface area contributed by atoms with Crippen molar-refractivity contribution in [3.8, 4) is 0 Å². The molecule has 0 aromatic rings. The molecule has 0 heterocycles. The lowest BCUT2D eigenvalue weighted by molar-refractivity contribution is -0.153. The molecule has 16 bridgehead atoms. The summed E-state index contributed by atoms with van der Waals surface area (Å²) < 4.78 is 32.2. The molecule has 16 fully saturated rings. The van der Waals surface area contributed by atoms with E-state index in [1.165, 1.54) is 111 Å². The number of carbonyl (C=O) groups is 6. The Balaban J connectivity index is 0.000000148. The maximum atomic E-state index is 11.7. The summed E-state index contributed by atoms with van der Waals surface area (Å²) >= 11 is 0. The smallest absolute Gasteiger partial charge is 0.306 e. The highest BCUT2D eigenvalue weighted by atomic mass is 16.6. The van der Waals surface area contributed by atoms with E-state index in [0.29, 0.717) is 81.2 Å². The number of carbonyl (C=O) groups excluding carboxylic acids is 6. The van der Waals surface area contributed by atoms with E-state index in [-0.39, 0.29) is 48.0 Å². The fraction of sp³-hybridized carbons (Fsp3) is 0.940. The predicted molar refractivity (Wildman–Crippen MR) is 453 cm³/mol.